The zero-order valence-electron chi connectivity index (χ0n) is 18.5. The van der Waals surface area contributed by atoms with E-state index in [0.29, 0.717) is 6.04 Å². The predicted octanol–water partition coefficient (Wildman–Crippen LogP) is 3.01. The maximum absolute atomic E-state index is 9.64. The van der Waals surface area contributed by atoms with Gasteiger partial charge in [0.1, 0.15) is 18.0 Å². The molecule has 0 bridgehead atoms. The molecule has 0 unspecified atom stereocenters. The van der Waals surface area contributed by atoms with Crippen LogP contribution in [0, 0.1) is 22.7 Å². The fourth-order valence-corrected chi connectivity index (χ4v) is 5.30. The highest BCUT2D eigenvalue weighted by Gasteiger charge is 2.35. The van der Waals surface area contributed by atoms with Gasteiger partial charge in [-0.1, -0.05) is 36.8 Å². The first-order chi connectivity index (χ1) is 15.3. The Labute approximate surface area is 186 Å². The Morgan fingerprint density at radius 1 is 0.806 bits per heavy atom. The molecule has 0 saturated carbocycles. The smallest absolute Gasteiger partial charge is 0.169 e. The molecule has 164 valence electrons. The van der Waals surface area contributed by atoms with Crippen LogP contribution in [0.15, 0.2) is 41.7 Å². The van der Waals surface area contributed by atoms with Crippen LogP contribution in [0.5, 0.6) is 0 Å². The third-order valence-electron chi connectivity index (χ3n) is 7.01. The zero-order chi connectivity index (χ0) is 21.5. The molecular weight excluding hydrogens is 384 g/mol. The van der Waals surface area contributed by atoms with Crippen LogP contribution in [0.25, 0.3) is 0 Å². The van der Waals surface area contributed by atoms with E-state index in [9.17, 15) is 10.5 Å². The largest absolute Gasteiger partial charge is 0.354 e. The second-order valence-corrected chi connectivity index (χ2v) is 9.00. The molecule has 0 amide bonds. The minimum absolute atomic E-state index is 0.280. The number of nitrogens with zero attached hydrogens (tertiary/aromatic N) is 6. The van der Waals surface area contributed by atoms with E-state index in [-0.39, 0.29) is 5.57 Å². The molecule has 4 rings (SSSR count). The van der Waals surface area contributed by atoms with E-state index >= 15 is 0 Å². The Kier molecular flexibility index (Phi) is 7.46. The van der Waals surface area contributed by atoms with Crippen LogP contribution in [-0.4, -0.2) is 78.0 Å². The lowest BCUT2D eigenvalue weighted by molar-refractivity contribution is 0.132. The maximum atomic E-state index is 9.64. The summed E-state index contributed by atoms with van der Waals surface area (Å²) in [6.45, 7) is 9.25. The van der Waals surface area contributed by atoms with E-state index in [4.69, 9.17) is 0 Å². The van der Waals surface area contributed by atoms with Gasteiger partial charge < -0.3 is 14.7 Å². The summed E-state index contributed by atoms with van der Waals surface area (Å²) in [5.41, 5.74) is 1.64. The van der Waals surface area contributed by atoms with Gasteiger partial charge >= 0.3 is 0 Å². The second kappa shape index (κ2) is 10.7. The Balaban J connectivity index is 1.37. The molecule has 0 aliphatic carbocycles. The van der Waals surface area contributed by atoms with Gasteiger partial charge in [-0.25, -0.2) is 0 Å². The van der Waals surface area contributed by atoms with Crippen molar-refractivity contribution in [2.75, 3.05) is 52.4 Å². The third kappa shape index (κ3) is 5.39. The van der Waals surface area contributed by atoms with Crippen molar-refractivity contribution in [1.82, 2.24) is 19.6 Å². The van der Waals surface area contributed by atoms with Gasteiger partial charge in [0.15, 0.2) is 5.57 Å². The number of hydrogen-bond donors (Lipinski definition) is 0. The summed E-state index contributed by atoms with van der Waals surface area (Å²) in [6.07, 6.45) is 6.09. The summed E-state index contributed by atoms with van der Waals surface area (Å²) >= 11 is 0. The van der Waals surface area contributed by atoms with Crippen LogP contribution < -0.4 is 0 Å². The van der Waals surface area contributed by atoms with E-state index in [1.807, 2.05) is 0 Å². The number of likely N-dealkylation sites (tertiary alicyclic amines) is 2. The van der Waals surface area contributed by atoms with E-state index in [0.717, 1.165) is 64.5 Å². The lowest BCUT2D eigenvalue weighted by Crippen LogP contribution is -2.44. The van der Waals surface area contributed by atoms with Crippen molar-refractivity contribution in [3.63, 3.8) is 0 Å². The molecule has 3 fully saturated rings. The SMILES string of the molecule is N#CC(C#N)=C1N(CCN2CCCCC2)CCN1C1CCN(Cc2ccccc2)CC1. The van der Waals surface area contributed by atoms with Crippen LogP contribution in [0.1, 0.15) is 37.7 Å². The van der Waals surface area contributed by atoms with Crippen molar-refractivity contribution < 1.29 is 0 Å². The molecule has 3 aliphatic rings. The number of hydrogen-bond acceptors (Lipinski definition) is 6. The highest BCUT2D eigenvalue weighted by molar-refractivity contribution is 5.40. The van der Waals surface area contributed by atoms with Crippen molar-refractivity contribution in [1.29, 1.82) is 10.5 Å². The Bertz CT molecular complexity index is 806. The second-order valence-electron chi connectivity index (χ2n) is 9.00. The van der Waals surface area contributed by atoms with Gasteiger partial charge in [-0.05, 0) is 44.3 Å². The van der Waals surface area contributed by atoms with Gasteiger partial charge in [0.2, 0.25) is 0 Å². The molecule has 1 aromatic carbocycles. The molecule has 0 aromatic heterocycles. The third-order valence-corrected chi connectivity index (χ3v) is 7.01. The van der Waals surface area contributed by atoms with Gasteiger partial charge in [-0.3, -0.25) is 4.90 Å². The molecule has 3 aliphatic heterocycles. The summed E-state index contributed by atoms with van der Waals surface area (Å²) in [5, 5.41) is 19.3. The fourth-order valence-electron chi connectivity index (χ4n) is 5.30. The fraction of sp³-hybridized carbons (Fsp3) is 0.600. The lowest BCUT2D eigenvalue weighted by atomic mass is 10.0. The number of nitriles is 2. The van der Waals surface area contributed by atoms with Gasteiger partial charge in [-0.2, -0.15) is 10.5 Å². The van der Waals surface area contributed by atoms with Gasteiger partial charge in [-0.15, -0.1) is 0 Å². The molecule has 0 radical (unpaired) electrons. The standard InChI is InChI=1S/C25H34N6/c26-19-23(20-27)25-30(16-15-28-11-5-2-6-12-28)17-18-31(25)24-9-13-29(14-10-24)21-22-7-3-1-4-8-22/h1,3-4,7-8,24H,2,5-6,9-18,21H2. The topological polar surface area (TPSA) is 60.5 Å². The van der Waals surface area contributed by atoms with Crippen molar-refractivity contribution in [3.8, 4) is 12.1 Å². The number of piperidine rings is 2. The Morgan fingerprint density at radius 3 is 2.19 bits per heavy atom. The van der Waals surface area contributed by atoms with Crippen LogP contribution >= 0.6 is 0 Å². The summed E-state index contributed by atoms with van der Waals surface area (Å²) in [6, 6.07) is 15.4. The summed E-state index contributed by atoms with van der Waals surface area (Å²) in [4.78, 5) is 9.73. The van der Waals surface area contributed by atoms with Crippen molar-refractivity contribution in [3.05, 3.63) is 47.3 Å². The van der Waals surface area contributed by atoms with Gasteiger partial charge in [0.25, 0.3) is 0 Å². The predicted molar refractivity (Wildman–Crippen MR) is 122 cm³/mol. The number of allylic oxidation sites excluding steroid dienone is 1. The minimum Gasteiger partial charge on any atom is -0.354 e. The number of benzene rings is 1. The van der Waals surface area contributed by atoms with Crippen molar-refractivity contribution in [2.45, 2.75) is 44.7 Å². The highest BCUT2D eigenvalue weighted by Crippen LogP contribution is 2.29. The van der Waals surface area contributed by atoms with E-state index < -0.39 is 0 Å². The van der Waals surface area contributed by atoms with E-state index in [1.165, 1.54) is 37.9 Å². The van der Waals surface area contributed by atoms with Gasteiger partial charge in [0.05, 0.1) is 0 Å². The average Bonchev–Trinajstić information content (AvgIpc) is 3.24. The first kappa shape index (κ1) is 21.7. The Morgan fingerprint density at radius 2 is 1.52 bits per heavy atom. The molecule has 0 spiro atoms. The quantitative estimate of drug-likeness (QED) is 0.662. The summed E-state index contributed by atoms with van der Waals surface area (Å²) in [5.74, 6) is 0.892. The van der Waals surface area contributed by atoms with Gasteiger partial charge in [0, 0.05) is 51.9 Å². The lowest BCUT2D eigenvalue weighted by Gasteiger charge is -2.39. The first-order valence-corrected chi connectivity index (χ1v) is 11.8. The molecule has 1 aromatic rings. The van der Waals surface area contributed by atoms with Crippen molar-refractivity contribution in [2.24, 2.45) is 0 Å². The van der Waals surface area contributed by atoms with Crippen LogP contribution in [0.4, 0.5) is 0 Å². The molecule has 3 saturated heterocycles. The Hall–Kier alpha value is -2.54. The summed E-state index contributed by atoms with van der Waals surface area (Å²) < 4.78 is 0. The van der Waals surface area contributed by atoms with Crippen LogP contribution in [0.3, 0.4) is 0 Å². The van der Waals surface area contributed by atoms with Crippen LogP contribution in [0.2, 0.25) is 0 Å². The number of rotatable bonds is 6. The highest BCUT2D eigenvalue weighted by atomic mass is 15.4. The molecule has 0 atom stereocenters. The molecule has 6 heteroatoms. The minimum atomic E-state index is 0.280. The van der Waals surface area contributed by atoms with Crippen molar-refractivity contribution >= 4 is 0 Å². The molecule has 3 heterocycles. The molecule has 31 heavy (non-hydrogen) atoms. The molecule has 0 N–H and O–H groups in total. The average molecular weight is 419 g/mol. The molecular formula is C25H34N6. The molecule has 6 nitrogen and oxygen atoms in total. The first-order valence-electron chi connectivity index (χ1n) is 11.8. The summed E-state index contributed by atoms with van der Waals surface area (Å²) in [7, 11) is 0. The normalized spacial score (nSPS) is 21.2. The zero-order valence-corrected chi connectivity index (χ0v) is 18.5. The monoisotopic (exact) mass is 418 g/mol. The van der Waals surface area contributed by atoms with Crippen LogP contribution in [-0.2, 0) is 6.54 Å². The van der Waals surface area contributed by atoms with E-state index in [1.54, 1.807) is 0 Å². The van der Waals surface area contributed by atoms with E-state index in [2.05, 4.69) is 62.1 Å². The maximum Gasteiger partial charge on any atom is 0.169 e.